The van der Waals surface area contributed by atoms with Gasteiger partial charge in [-0.05, 0) is 49.2 Å². The molecule has 0 saturated carbocycles. The van der Waals surface area contributed by atoms with E-state index in [1.54, 1.807) is 37.6 Å². The van der Waals surface area contributed by atoms with E-state index in [4.69, 9.17) is 21.4 Å². The van der Waals surface area contributed by atoms with Crippen LogP contribution in [0, 0.1) is 0 Å². The van der Waals surface area contributed by atoms with Crippen LogP contribution in [0.15, 0.2) is 42.6 Å². The normalized spacial score (nSPS) is 19.6. The first-order chi connectivity index (χ1) is 14.1. The fraction of sp³-hybridized carbons (Fsp3) is 0.429. The number of ether oxygens (including phenoxy) is 1. The van der Waals surface area contributed by atoms with Crippen molar-refractivity contribution < 1.29 is 14.6 Å². The lowest BCUT2D eigenvalue weighted by Crippen LogP contribution is -2.51. The number of nitrogens with zero attached hydrogens (tertiary/aromatic N) is 2. The van der Waals surface area contributed by atoms with Crippen LogP contribution in [0.25, 0.3) is 0 Å². The van der Waals surface area contributed by atoms with E-state index in [1.807, 2.05) is 12.1 Å². The molecule has 2 heterocycles. The molecule has 0 aliphatic carbocycles. The van der Waals surface area contributed by atoms with Gasteiger partial charge >= 0.3 is 6.03 Å². The molecule has 29 heavy (non-hydrogen) atoms. The Morgan fingerprint density at radius 2 is 2.10 bits per heavy atom. The molecule has 156 valence electrons. The lowest BCUT2D eigenvalue weighted by atomic mass is 9.88. The van der Waals surface area contributed by atoms with E-state index in [2.05, 4.69) is 20.5 Å². The third-order valence-electron chi connectivity index (χ3n) is 5.12. The fourth-order valence-corrected chi connectivity index (χ4v) is 3.72. The summed E-state index contributed by atoms with van der Waals surface area (Å²) < 4.78 is 5.21. The molecule has 1 aliphatic heterocycles. The molecule has 0 bridgehead atoms. The van der Waals surface area contributed by atoms with Crippen LogP contribution < -0.4 is 15.4 Å². The number of benzene rings is 1. The zero-order chi connectivity index (χ0) is 20.6. The predicted molar refractivity (Wildman–Crippen MR) is 114 cm³/mol. The monoisotopic (exact) mass is 418 g/mol. The number of methoxy groups -OCH3 is 1. The van der Waals surface area contributed by atoms with Crippen molar-refractivity contribution in [3.8, 4) is 5.75 Å². The van der Waals surface area contributed by atoms with Crippen LogP contribution in [0.3, 0.4) is 0 Å². The zero-order valence-corrected chi connectivity index (χ0v) is 17.2. The average Bonchev–Trinajstić information content (AvgIpc) is 2.74. The van der Waals surface area contributed by atoms with E-state index in [9.17, 15) is 4.79 Å². The van der Waals surface area contributed by atoms with E-state index in [-0.39, 0.29) is 24.6 Å². The van der Waals surface area contributed by atoms with Crippen molar-refractivity contribution in [1.82, 2.24) is 15.2 Å². The average molecular weight is 419 g/mol. The highest BCUT2D eigenvalue weighted by Gasteiger charge is 2.32. The molecule has 1 saturated heterocycles. The first-order valence-corrected chi connectivity index (χ1v) is 10.1. The van der Waals surface area contributed by atoms with Crippen molar-refractivity contribution in [2.75, 3.05) is 38.7 Å². The van der Waals surface area contributed by atoms with Gasteiger partial charge in [-0.1, -0.05) is 11.6 Å². The maximum Gasteiger partial charge on any atom is 0.319 e. The molecule has 0 spiro atoms. The van der Waals surface area contributed by atoms with Crippen LogP contribution in [0.2, 0.25) is 5.02 Å². The number of urea groups is 1. The first kappa shape index (κ1) is 21.4. The number of carbonyl (C=O) groups is 1. The Morgan fingerprint density at radius 3 is 2.76 bits per heavy atom. The number of amides is 2. The van der Waals surface area contributed by atoms with Gasteiger partial charge in [0.2, 0.25) is 0 Å². The van der Waals surface area contributed by atoms with Crippen LogP contribution in [-0.4, -0.2) is 60.4 Å². The van der Waals surface area contributed by atoms with Crippen LogP contribution in [0.5, 0.6) is 5.75 Å². The zero-order valence-electron chi connectivity index (χ0n) is 16.5. The Balaban J connectivity index is 1.69. The molecule has 1 fully saturated rings. The summed E-state index contributed by atoms with van der Waals surface area (Å²) in [6.07, 6.45) is 3.24. The summed E-state index contributed by atoms with van der Waals surface area (Å²) in [4.78, 5) is 19.4. The molecule has 7 nitrogen and oxygen atoms in total. The molecule has 3 N–H and O–H groups in total. The number of nitrogens with one attached hydrogen (secondary N) is 2. The number of carbonyl (C=O) groups excluding carboxylic acids is 1. The number of hydrogen-bond donors (Lipinski definition) is 3. The smallest absolute Gasteiger partial charge is 0.319 e. The van der Waals surface area contributed by atoms with E-state index < -0.39 is 0 Å². The fourth-order valence-electron chi connectivity index (χ4n) is 3.59. The van der Waals surface area contributed by atoms with Gasteiger partial charge in [-0.3, -0.25) is 4.98 Å². The first-order valence-electron chi connectivity index (χ1n) is 9.75. The van der Waals surface area contributed by atoms with E-state index >= 15 is 0 Å². The Hall–Kier alpha value is -2.35. The SMILES string of the molecule is COc1ccc([C@@H]2CN(CCCO)CC[C@H]2NC(=O)Nc2ccc(Cl)cc2)nc1. The number of anilines is 1. The molecule has 0 radical (unpaired) electrons. The second-order valence-electron chi connectivity index (χ2n) is 7.11. The molecule has 2 aromatic rings. The topological polar surface area (TPSA) is 86.7 Å². The Morgan fingerprint density at radius 1 is 1.31 bits per heavy atom. The molecule has 2 amide bonds. The summed E-state index contributed by atoms with van der Waals surface area (Å²) in [6, 6.07) is 10.5. The number of halogens is 1. The molecule has 1 aromatic carbocycles. The number of likely N-dealkylation sites (tertiary alicyclic amines) is 1. The molecule has 1 aromatic heterocycles. The molecule has 3 rings (SSSR count). The summed E-state index contributed by atoms with van der Waals surface area (Å²) >= 11 is 5.90. The minimum atomic E-state index is -0.250. The van der Waals surface area contributed by atoms with Gasteiger partial charge in [-0.25, -0.2) is 4.79 Å². The molecule has 2 atom stereocenters. The number of aliphatic hydroxyl groups is 1. The summed E-state index contributed by atoms with van der Waals surface area (Å²) in [5.74, 6) is 0.746. The number of rotatable bonds is 7. The van der Waals surface area contributed by atoms with Gasteiger partial charge in [0, 0.05) is 54.6 Å². The second-order valence-corrected chi connectivity index (χ2v) is 7.54. The number of pyridine rings is 1. The predicted octanol–water partition coefficient (Wildman–Crippen LogP) is 3.11. The van der Waals surface area contributed by atoms with Crippen molar-refractivity contribution in [2.24, 2.45) is 0 Å². The highest BCUT2D eigenvalue weighted by atomic mass is 35.5. The highest BCUT2D eigenvalue weighted by Crippen LogP contribution is 2.27. The Kier molecular flexibility index (Phi) is 7.69. The van der Waals surface area contributed by atoms with Crippen LogP contribution >= 0.6 is 11.6 Å². The van der Waals surface area contributed by atoms with Crippen LogP contribution in [-0.2, 0) is 0 Å². The number of aromatic nitrogens is 1. The van der Waals surface area contributed by atoms with Crippen LogP contribution in [0.4, 0.5) is 10.5 Å². The third kappa shape index (κ3) is 6.06. The van der Waals surface area contributed by atoms with E-state index in [0.29, 0.717) is 16.5 Å². The van der Waals surface area contributed by atoms with Crippen molar-refractivity contribution in [1.29, 1.82) is 0 Å². The van der Waals surface area contributed by atoms with Gasteiger partial charge in [0.15, 0.2) is 0 Å². The number of aliphatic hydroxyl groups excluding tert-OH is 1. The minimum Gasteiger partial charge on any atom is -0.495 e. The highest BCUT2D eigenvalue weighted by molar-refractivity contribution is 6.30. The third-order valence-corrected chi connectivity index (χ3v) is 5.37. The largest absolute Gasteiger partial charge is 0.495 e. The maximum absolute atomic E-state index is 12.6. The molecular weight excluding hydrogens is 392 g/mol. The quantitative estimate of drug-likeness (QED) is 0.643. The molecular formula is C21H27ClN4O3. The number of piperidine rings is 1. The van der Waals surface area contributed by atoms with Gasteiger partial charge in [0.25, 0.3) is 0 Å². The van der Waals surface area contributed by atoms with Crippen molar-refractivity contribution in [3.05, 3.63) is 53.3 Å². The van der Waals surface area contributed by atoms with Gasteiger partial charge in [-0.15, -0.1) is 0 Å². The van der Waals surface area contributed by atoms with Crippen LogP contribution in [0.1, 0.15) is 24.5 Å². The van der Waals surface area contributed by atoms with Gasteiger partial charge < -0.3 is 25.4 Å². The lowest BCUT2D eigenvalue weighted by Gasteiger charge is -2.38. The van der Waals surface area contributed by atoms with E-state index in [1.165, 1.54) is 0 Å². The van der Waals surface area contributed by atoms with Crippen molar-refractivity contribution >= 4 is 23.3 Å². The summed E-state index contributed by atoms with van der Waals surface area (Å²) in [6.45, 7) is 2.63. The summed E-state index contributed by atoms with van der Waals surface area (Å²) in [7, 11) is 1.61. The number of hydrogen-bond acceptors (Lipinski definition) is 5. The van der Waals surface area contributed by atoms with Crippen molar-refractivity contribution in [3.63, 3.8) is 0 Å². The standard InChI is InChI=1S/C21H27ClN4O3/c1-29-17-7-8-19(23-13-17)18-14-26(10-2-12-27)11-9-20(18)25-21(28)24-16-5-3-15(22)4-6-16/h3-8,13,18,20,27H,2,9-12,14H2,1H3,(H2,24,25,28)/t18-,20+/m0/s1. The Bertz CT molecular complexity index is 786. The molecule has 1 aliphatic rings. The minimum absolute atomic E-state index is 0.0457. The lowest BCUT2D eigenvalue weighted by molar-refractivity contribution is 0.159. The van der Waals surface area contributed by atoms with Gasteiger partial charge in [-0.2, -0.15) is 0 Å². The molecule has 8 heteroatoms. The van der Waals surface area contributed by atoms with Crippen molar-refractivity contribution in [2.45, 2.75) is 24.8 Å². The second kappa shape index (κ2) is 10.4. The summed E-state index contributed by atoms with van der Waals surface area (Å²) in [5, 5.41) is 15.7. The van der Waals surface area contributed by atoms with E-state index in [0.717, 1.165) is 38.2 Å². The summed E-state index contributed by atoms with van der Waals surface area (Å²) in [5.41, 5.74) is 1.60. The molecule has 0 unspecified atom stereocenters. The Labute approximate surface area is 176 Å². The van der Waals surface area contributed by atoms with Gasteiger partial charge in [0.1, 0.15) is 5.75 Å². The van der Waals surface area contributed by atoms with Gasteiger partial charge in [0.05, 0.1) is 13.3 Å². The maximum atomic E-state index is 12.6.